The molecule has 1 unspecified atom stereocenters. The fraction of sp³-hybridized carbons (Fsp3) is 0.417. The van der Waals surface area contributed by atoms with Gasteiger partial charge >= 0.3 is 0 Å². The maximum atomic E-state index is 5.52. The van der Waals surface area contributed by atoms with Crippen molar-refractivity contribution in [1.82, 2.24) is 9.78 Å². The van der Waals surface area contributed by atoms with Gasteiger partial charge in [0, 0.05) is 15.6 Å². The van der Waals surface area contributed by atoms with Crippen LogP contribution in [0.15, 0.2) is 24.4 Å². The van der Waals surface area contributed by atoms with Crippen LogP contribution in [-0.4, -0.2) is 23.0 Å². The molecule has 0 spiro atoms. The Bertz CT molecular complexity index is 503. The minimum absolute atomic E-state index is 0.407. The van der Waals surface area contributed by atoms with Crippen LogP contribution in [-0.2, 0) is 4.74 Å². The van der Waals surface area contributed by atoms with Crippen LogP contribution in [0.1, 0.15) is 18.9 Å². The molecule has 0 amide bonds. The third kappa shape index (κ3) is 1.84. The molecular weight excluding hydrogens is 315 g/mol. The van der Waals surface area contributed by atoms with E-state index >= 15 is 0 Å². The zero-order valence-corrected chi connectivity index (χ0v) is 11.1. The number of hydrogen-bond acceptors (Lipinski definition) is 2. The fourth-order valence-electron chi connectivity index (χ4n) is 2.22. The lowest BCUT2D eigenvalue weighted by Crippen LogP contribution is -2.21. The van der Waals surface area contributed by atoms with Gasteiger partial charge in [-0.2, -0.15) is 5.10 Å². The highest BCUT2D eigenvalue weighted by Gasteiger charge is 2.18. The number of benzene rings is 1. The van der Waals surface area contributed by atoms with Gasteiger partial charge in [0.25, 0.3) is 0 Å². The van der Waals surface area contributed by atoms with Crippen molar-refractivity contribution in [2.24, 2.45) is 0 Å². The third-order valence-corrected chi connectivity index (χ3v) is 3.71. The molecule has 16 heavy (non-hydrogen) atoms. The lowest BCUT2D eigenvalue weighted by atomic mass is 10.1. The molecular formula is C12H13IN2O. The molecule has 3 nitrogen and oxygen atoms in total. The number of nitrogens with zero attached hydrogens (tertiary/aromatic N) is 2. The highest BCUT2D eigenvalue weighted by atomic mass is 127. The highest BCUT2D eigenvalue weighted by molar-refractivity contribution is 14.1. The van der Waals surface area contributed by atoms with Gasteiger partial charge in [0.15, 0.2) is 0 Å². The van der Waals surface area contributed by atoms with E-state index in [0.717, 1.165) is 19.6 Å². The van der Waals surface area contributed by atoms with Gasteiger partial charge in [-0.15, -0.1) is 0 Å². The summed E-state index contributed by atoms with van der Waals surface area (Å²) in [4.78, 5) is 0. The van der Waals surface area contributed by atoms with Crippen molar-refractivity contribution < 1.29 is 4.74 Å². The standard InChI is InChI=1S/C12H13IN2O/c13-10-4-3-9-7-14-15(12(9)6-10)11-2-1-5-16-8-11/h3-4,6-7,11H,1-2,5,8H2. The second-order valence-electron chi connectivity index (χ2n) is 4.16. The number of fused-ring (bicyclic) bond motifs is 1. The first kappa shape index (κ1) is 10.5. The normalized spacial score (nSPS) is 21.4. The Labute approximate surface area is 108 Å². The number of aromatic nitrogens is 2. The van der Waals surface area contributed by atoms with Crippen molar-refractivity contribution in [2.45, 2.75) is 18.9 Å². The number of ether oxygens (including phenoxy) is 1. The molecule has 1 fully saturated rings. The molecule has 2 aromatic rings. The van der Waals surface area contributed by atoms with Crippen molar-refractivity contribution in [3.8, 4) is 0 Å². The van der Waals surface area contributed by atoms with Gasteiger partial charge in [0.1, 0.15) is 0 Å². The maximum absolute atomic E-state index is 5.52. The van der Waals surface area contributed by atoms with Crippen LogP contribution in [0.4, 0.5) is 0 Å². The Kier molecular flexibility index (Phi) is 2.85. The summed E-state index contributed by atoms with van der Waals surface area (Å²) < 4.78 is 8.90. The Morgan fingerprint density at radius 2 is 2.38 bits per heavy atom. The topological polar surface area (TPSA) is 27.1 Å². The molecule has 0 radical (unpaired) electrons. The van der Waals surface area contributed by atoms with Gasteiger partial charge in [-0.05, 0) is 47.6 Å². The first-order valence-corrected chi connectivity index (χ1v) is 6.63. The van der Waals surface area contributed by atoms with Crippen molar-refractivity contribution in [2.75, 3.05) is 13.2 Å². The van der Waals surface area contributed by atoms with E-state index in [1.165, 1.54) is 20.9 Å². The molecule has 1 saturated heterocycles. The summed E-state index contributed by atoms with van der Waals surface area (Å²) in [6, 6.07) is 6.85. The van der Waals surface area contributed by atoms with Crippen LogP contribution in [0, 0.1) is 3.57 Å². The van der Waals surface area contributed by atoms with Crippen molar-refractivity contribution in [3.63, 3.8) is 0 Å². The average molecular weight is 328 g/mol. The number of halogens is 1. The number of hydrogen-bond donors (Lipinski definition) is 0. The lowest BCUT2D eigenvalue weighted by molar-refractivity contribution is 0.0565. The molecule has 0 bridgehead atoms. The maximum Gasteiger partial charge on any atom is 0.0760 e. The first-order valence-electron chi connectivity index (χ1n) is 5.55. The molecule has 1 aliphatic rings. The van der Waals surface area contributed by atoms with Crippen LogP contribution in [0.5, 0.6) is 0 Å². The monoisotopic (exact) mass is 328 g/mol. The van der Waals surface area contributed by atoms with Gasteiger partial charge in [0.2, 0.25) is 0 Å². The van der Waals surface area contributed by atoms with Crippen LogP contribution < -0.4 is 0 Å². The van der Waals surface area contributed by atoms with Crippen molar-refractivity contribution in [1.29, 1.82) is 0 Å². The molecule has 1 aromatic carbocycles. The van der Waals surface area contributed by atoms with Crippen molar-refractivity contribution in [3.05, 3.63) is 28.0 Å². The van der Waals surface area contributed by atoms with Gasteiger partial charge in [-0.1, -0.05) is 6.07 Å². The quantitative estimate of drug-likeness (QED) is 0.753. The SMILES string of the molecule is Ic1ccc2cnn(C3CCCOC3)c2c1. The van der Waals surface area contributed by atoms with E-state index < -0.39 is 0 Å². The van der Waals surface area contributed by atoms with Crippen LogP contribution in [0.2, 0.25) is 0 Å². The van der Waals surface area contributed by atoms with Gasteiger partial charge in [0.05, 0.1) is 24.4 Å². The van der Waals surface area contributed by atoms with Gasteiger partial charge in [-0.3, -0.25) is 4.68 Å². The Hall–Kier alpha value is -0.620. The summed E-state index contributed by atoms with van der Waals surface area (Å²) in [7, 11) is 0. The summed E-state index contributed by atoms with van der Waals surface area (Å²) in [5, 5.41) is 5.71. The second-order valence-corrected chi connectivity index (χ2v) is 5.41. The predicted molar refractivity (Wildman–Crippen MR) is 71.5 cm³/mol. The second kappa shape index (κ2) is 4.33. The summed E-state index contributed by atoms with van der Waals surface area (Å²) in [5.74, 6) is 0. The van der Waals surface area contributed by atoms with Gasteiger partial charge < -0.3 is 4.74 Å². The summed E-state index contributed by atoms with van der Waals surface area (Å²) in [5.41, 5.74) is 1.22. The number of rotatable bonds is 1. The van der Waals surface area contributed by atoms with E-state index in [1.54, 1.807) is 0 Å². The Morgan fingerprint density at radius 3 is 3.19 bits per heavy atom. The van der Waals surface area contributed by atoms with Crippen LogP contribution in [0.3, 0.4) is 0 Å². The zero-order valence-electron chi connectivity index (χ0n) is 8.90. The Balaban J connectivity index is 2.05. The first-order chi connectivity index (χ1) is 7.84. The molecule has 84 valence electrons. The molecule has 3 rings (SSSR count). The summed E-state index contributed by atoms with van der Waals surface area (Å²) >= 11 is 2.34. The highest BCUT2D eigenvalue weighted by Crippen LogP contribution is 2.25. The van der Waals surface area contributed by atoms with E-state index in [2.05, 4.69) is 50.6 Å². The minimum atomic E-state index is 0.407. The Morgan fingerprint density at radius 1 is 1.44 bits per heavy atom. The van der Waals surface area contributed by atoms with E-state index in [9.17, 15) is 0 Å². The molecule has 4 heteroatoms. The van der Waals surface area contributed by atoms with Crippen LogP contribution >= 0.6 is 22.6 Å². The molecule has 0 N–H and O–H groups in total. The molecule has 0 aliphatic carbocycles. The smallest absolute Gasteiger partial charge is 0.0760 e. The van der Waals surface area contributed by atoms with Crippen LogP contribution in [0.25, 0.3) is 10.9 Å². The predicted octanol–water partition coefficient (Wildman–Crippen LogP) is 2.99. The van der Waals surface area contributed by atoms with Gasteiger partial charge in [-0.25, -0.2) is 0 Å². The molecule has 0 saturated carbocycles. The minimum Gasteiger partial charge on any atom is -0.379 e. The zero-order chi connectivity index (χ0) is 11.0. The third-order valence-electron chi connectivity index (χ3n) is 3.04. The fourth-order valence-corrected chi connectivity index (χ4v) is 2.69. The molecule has 1 aromatic heterocycles. The average Bonchev–Trinajstić information content (AvgIpc) is 2.73. The van der Waals surface area contributed by atoms with E-state index in [0.29, 0.717) is 6.04 Å². The molecule has 2 heterocycles. The lowest BCUT2D eigenvalue weighted by Gasteiger charge is -2.23. The largest absolute Gasteiger partial charge is 0.379 e. The van der Waals surface area contributed by atoms with E-state index in [1.807, 2.05) is 6.20 Å². The van der Waals surface area contributed by atoms with Crippen molar-refractivity contribution >= 4 is 33.5 Å². The molecule has 1 atom stereocenters. The van der Waals surface area contributed by atoms with E-state index in [-0.39, 0.29) is 0 Å². The summed E-state index contributed by atoms with van der Waals surface area (Å²) in [6.45, 7) is 1.69. The summed E-state index contributed by atoms with van der Waals surface area (Å²) in [6.07, 6.45) is 4.25. The van der Waals surface area contributed by atoms with E-state index in [4.69, 9.17) is 4.74 Å². The molecule has 1 aliphatic heterocycles.